The van der Waals surface area contributed by atoms with E-state index in [0.717, 1.165) is 45.3 Å². The highest BCUT2D eigenvalue weighted by molar-refractivity contribution is 5.48. The van der Waals surface area contributed by atoms with E-state index in [0.29, 0.717) is 5.41 Å². The van der Waals surface area contributed by atoms with Gasteiger partial charge in [-0.2, -0.15) is 0 Å². The first-order chi connectivity index (χ1) is 15.4. The monoisotopic (exact) mass is 457 g/mol. The van der Waals surface area contributed by atoms with Crippen molar-refractivity contribution in [2.75, 3.05) is 26.8 Å². The molecule has 0 fully saturated rings. The van der Waals surface area contributed by atoms with Gasteiger partial charge in [0.1, 0.15) is 6.29 Å². The molecule has 196 valence electrons. The van der Waals surface area contributed by atoms with E-state index < -0.39 is 0 Å². The molecule has 0 unspecified atom stereocenters. The van der Waals surface area contributed by atoms with Gasteiger partial charge in [-0.1, -0.05) is 119 Å². The molecule has 0 bridgehead atoms. The van der Waals surface area contributed by atoms with E-state index in [-0.39, 0.29) is 0 Å². The van der Waals surface area contributed by atoms with E-state index in [2.05, 4.69) is 46.9 Å². The van der Waals surface area contributed by atoms with Crippen LogP contribution in [0, 0.1) is 5.41 Å². The molecule has 0 spiro atoms. The molecule has 3 heteroatoms. The lowest BCUT2D eigenvalue weighted by molar-refractivity contribution is -0.107. The zero-order valence-electron chi connectivity index (χ0n) is 23.5. The summed E-state index contributed by atoms with van der Waals surface area (Å²) in [6, 6.07) is 0. The van der Waals surface area contributed by atoms with Crippen LogP contribution in [-0.4, -0.2) is 33.1 Å². The quantitative estimate of drug-likeness (QED) is 0.138. The van der Waals surface area contributed by atoms with Crippen LogP contribution in [0.1, 0.15) is 151 Å². The maximum Gasteiger partial charge on any atom is 0.119 e. The topological polar surface area (TPSA) is 38.3 Å². The zero-order valence-corrected chi connectivity index (χ0v) is 23.5. The molecule has 0 saturated carbocycles. The second kappa shape index (κ2) is 32.8. The fraction of sp³-hybridized carbons (Fsp3) is 0.966. The molecule has 0 heterocycles. The predicted molar refractivity (Wildman–Crippen MR) is 146 cm³/mol. The Labute approximate surface area is 204 Å². The average Bonchev–Trinajstić information content (AvgIpc) is 2.78. The van der Waals surface area contributed by atoms with Crippen LogP contribution in [0.15, 0.2) is 0 Å². The van der Waals surface area contributed by atoms with E-state index in [9.17, 15) is 4.79 Å². The normalized spacial score (nSPS) is 10.7. The Kier molecular flexibility index (Phi) is 37.0. The number of carbonyl (C=O) groups is 1. The lowest BCUT2D eigenvalue weighted by Gasteiger charge is -2.21. The summed E-state index contributed by atoms with van der Waals surface area (Å²) < 4.78 is 5.44. The molecule has 0 saturated heterocycles. The van der Waals surface area contributed by atoms with Gasteiger partial charge >= 0.3 is 0 Å². The van der Waals surface area contributed by atoms with Gasteiger partial charge in [-0.15, -0.1) is 0 Å². The van der Waals surface area contributed by atoms with Gasteiger partial charge in [0.25, 0.3) is 0 Å². The van der Waals surface area contributed by atoms with E-state index in [1.54, 1.807) is 0 Å². The molecule has 0 atom stereocenters. The molecule has 32 heavy (non-hydrogen) atoms. The molecule has 0 aromatic heterocycles. The molecule has 0 aliphatic rings. The van der Waals surface area contributed by atoms with Crippen LogP contribution in [0.25, 0.3) is 0 Å². The molecular weight excluding hydrogens is 394 g/mol. The van der Waals surface area contributed by atoms with Crippen molar-refractivity contribution in [3.63, 3.8) is 0 Å². The third kappa shape index (κ3) is 40.0. The highest BCUT2D eigenvalue weighted by Crippen LogP contribution is 2.19. The van der Waals surface area contributed by atoms with Crippen LogP contribution in [-0.2, 0) is 9.53 Å². The summed E-state index contributed by atoms with van der Waals surface area (Å²) in [5.41, 5.74) is 0.370. The Morgan fingerprint density at radius 3 is 1.47 bits per heavy atom. The maximum absolute atomic E-state index is 10.1. The predicted octanol–water partition coefficient (Wildman–Crippen LogP) is 9.13. The molecule has 0 rings (SSSR count). The third-order valence-electron chi connectivity index (χ3n) is 5.72. The number of nitrogens with one attached hydrogen (secondary N) is 1. The number of ether oxygens (including phenoxy) is 1. The molecule has 0 amide bonds. The molecule has 0 aliphatic heterocycles. The molecule has 3 nitrogen and oxygen atoms in total. The maximum atomic E-state index is 10.1. The van der Waals surface area contributed by atoms with Crippen molar-refractivity contribution in [3.05, 3.63) is 0 Å². The van der Waals surface area contributed by atoms with E-state index >= 15 is 0 Å². The van der Waals surface area contributed by atoms with E-state index in [1.165, 1.54) is 89.9 Å². The lowest BCUT2D eigenvalue weighted by Crippen LogP contribution is -2.18. The number of rotatable bonds is 21. The largest absolute Gasteiger partial charge is 0.381 e. The minimum Gasteiger partial charge on any atom is -0.381 e. The summed E-state index contributed by atoms with van der Waals surface area (Å²) in [6.07, 6.45) is 23.2. The summed E-state index contributed by atoms with van der Waals surface area (Å²) in [6.45, 7) is 16.2. The lowest BCUT2D eigenvalue weighted by atomic mass is 9.92. The first kappa shape index (κ1) is 36.2. The Morgan fingerprint density at radius 2 is 1.16 bits per heavy atom. The SMILES string of the molecule is CCCCCCCCCCCCCCCC=O.CCCNC.CCCOCC(C)(C)CC. The fourth-order valence-electron chi connectivity index (χ4n) is 3.09. The minimum absolute atomic E-state index is 0.370. The summed E-state index contributed by atoms with van der Waals surface area (Å²) in [5.74, 6) is 0. The van der Waals surface area contributed by atoms with Crippen LogP contribution >= 0.6 is 0 Å². The van der Waals surface area contributed by atoms with Crippen LogP contribution in [0.4, 0.5) is 0 Å². The van der Waals surface area contributed by atoms with Crippen molar-refractivity contribution in [2.24, 2.45) is 5.41 Å². The summed E-state index contributed by atoms with van der Waals surface area (Å²) in [5, 5.41) is 3.02. The van der Waals surface area contributed by atoms with Gasteiger partial charge < -0.3 is 14.8 Å². The second-order valence-electron chi connectivity index (χ2n) is 9.87. The zero-order chi connectivity index (χ0) is 24.8. The first-order valence-corrected chi connectivity index (χ1v) is 14.1. The first-order valence-electron chi connectivity index (χ1n) is 14.1. The van der Waals surface area contributed by atoms with Gasteiger partial charge in [-0.3, -0.25) is 0 Å². The van der Waals surface area contributed by atoms with Crippen molar-refractivity contribution in [1.82, 2.24) is 5.32 Å². The Balaban J connectivity index is -0.000000471. The highest BCUT2D eigenvalue weighted by Gasteiger charge is 2.14. The minimum atomic E-state index is 0.370. The standard InChI is InChI=1S/C16H32O.C9H20O.C4H11N/c1-2-3-4-5-6-7-8-9-10-11-12-13-14-15-16-17;1-5-7-10-8-9(3,4)6-2;1-3-4-5-2/h16H,2-15H2,1H3;5-8H2,1-4H3;5H,3-4H2,1-2H3. The van der Waals surface area contributed by atoms with Gasteiger partial charge in [0.2, 0.25) is 0 Å². The third-order valence-corrected chi connectivity index (χ3v) is 5.72. The molecule has 1 N–H and O–H groups in total. The smallest absolute Gasteiger partial charge is 0.119 e. The van der Waals surface area contributed by atoms with Crippen molar-refractivity contribution in [1.29, 1.82) is 0 Å². The number of aldehydes is 1. The molecule has 0 aliphatic carbocycles. The number of unbranched alkanes of at least 4 members (excludes halogenated alkanes) is 13. The summed E-state index contributed by atoms with van der Waals surface area (Å²) >= 11 is 0. The van der Waals surface area contributed by atoms with Crippen molar-refractivity contribution >= 4 is 6.29 Å². The Hall–Kier alpha value is -0.410. The average molecular weight is 458 g/mol. The van der Waals surface area contributed by atoms with Crippen molar-refractivity contribution < 1.29 is 9.53 Å². The van der Waals surface area contributed by atoms with Gasteiger partial charge in [-0.25, -0.2) is 0 Å². The number of hydrogen-bond donors (Lipinski definition) is 1. The van der Waals surface area contributed by atoms with Crippen molar-refractivity contribution in [3.8, 4) is 0 Å². The Morgan fingerprint density at radius 1 is 0.688 bits per heavy atom. The van der Waals surface area contributed by atoms with Crippen LogP contribution in [0.3, 0.4) is 0 Å². The van der Waals surface area contributed by atoms with Crippen LogP contribution in [0.5, 0.6) is 0 Å². The van der Waals surface area contributed by atoms with E-state index in [1.807, 2.05) is 7.05 Å². The second-order valence-corrected chi connectivity index (χ2v) is 9.87. The number of carbonyl (C=O) groups excluding carboxylic acids is 1. The Bertz CT molecular complexity index is 316. The number of hydrogen-bond acceptors (Lipinski definition) is 3. The van der Waals surface area contributed by atoms with Crippen LogP contribution < -0.4 is 5.32 Å². The molecule has 0 radical (unpaired) electrons. The fourth-order valence-corrected chi connectivity index (χ4v) is 3.09. The van der Waals surface area contributed by atoms with Crippen molar-refractivity contribution in [2.45, 2.75) is 151 Å². The molecular formula is C29H63NO2. The van der Waals surface area contributed by atoms with E-state index in [4.69, 9.17) is 4.74 Å². The van der Waals surface area contributed by atoms with Gasteiger partial charge in [-0.05, 0) is 44.7 Å². The van der Waals surface area contributed by atoms with Gasteiger partial charge in [0, 0.05) is 13.0 Å². The molecule has 0 aromatic carbocycles. The van der Waals surface area contributed by atoms with Gasteiger partial charge in [0.05, 0.1) is 6.61 Å². The summed E-state index contributed by atoms with van der Waals surface area (Å²) in [4.78, 5) is 10.1. The highest BCUT2D eigenvalue weighted by atomic mass is 16.5. The van der Waals surface area contributed by atoms with Gasteiger partial charge in [0.15, 0.2) is 0 Å². The molecule has 0 aromatic rings. The summed E-state index contributed by atoms with van der Waals surface area (Å²) in [7, 11) is 1.96. The van der Waals surface area contributed by atoms with Crippen LogP contribution in [0.2, 0.25) is 0 Å².